The van der Waals surface area contributed by atoms with Crippen molar-refractivity contribution in [3.8, 4) is 0 Å². The summed E-state index contributed by atoms with van der Waals surface area (Å²) in [7, 11) is 0. The number of hydrogen-bond donors (Lipinski definition) is 4. The quantitative estimate of drug-likeness (QED) is 0.465. The molecule has 5 N–H and O–H groups in total. The number of nitrogen functional groups attached to an aromatic ring is 1. The lowest BCUT2D eigenvalue weighted by Gasteiger charge is -2.17. The van der Waals surface area contributed by atoms with E-state index in [9.17, 15) is 4.79 Å². The molecule has 1 rings (SSSR count). The highest BCUT2D eigenvalue weighted by Gasteiger charge is 2.15. The van der Waals surface area contributed by atoms with E-state index in [0.29, 0.717) is 10.8 Å². The molecule has 7 nitrogen and oxygen atoms in total. The van der Waals surface area contributed by atoms with Crippen LogP contribution in [0.25, 0.3) is 0 Å². The lowest BCUT2D eigenvalue weighted by molar-refractivity contribution is -0.122. The number of hydrazine groups is 1. The van der Waals surface area contributed by atoms with Gasteiger partial charge in [-0.2, -0.15) is 4.98 Å². The summed E-state index contributed by atoms with van der Waals surface area (Å²) in [6, 6.07) is -0.394. The maximum atomic E-state index is 11.7. The van der Waals surface area contributed by atoms with Gasteiger partial charge in [-0.05, 0) is 20.8 Å². The van der Waals surface area contributed by atoms with Crippen LogP contribution in [0.2, 0.25) is 5.02 Å². The van der Waals surface area contributed by atoms with Crippen molar-refractivity contribution in [3.05, 3.63) is 11.2 Å². The van der Waals surface area contributed by atoms with E-state index in [1.165, 1.54) is 6.20 Å². The molecular weight excluding hydrogens is 256 g/mol. The van der Waals surface area contributed by atoms with Crippen molar-refractivity contribution in [2.24, 2.45) is 5.84 Å². The first-order valence-corrected chi connectivity index (χ1v) is 5.88. The molecule has 1 aromatic heterocycles. The van der Waals surface area contributed by atoms with Gasteiger partial charge in [-0.25, -0.2) is 10.8 Å². The maximum absolute atomic E-state index is 11.7. The number of nitrogens with one attached hydrogen (secondary N) is 3. The smallest absolute Gasteiger partial charge is 0.242 e. The van der Waals surface area contributed by atoms with Crippen LogP contribution in [0.1, 0.15) is 20.8 Å². The summed E-state index contributed by atoms with van der Waals surface area (Å²) in [6.45, 7) is 5.49. The molecule has 1 atom stereocenters. The van der Waals surface area contributed by atoms with E-state index in [-0.39, 0.29) is 17.9 Å². The Labute approximate surface area is 110 Å². The number of aromatic nitrogens is 2. The minimum atomic E-state index is -0.467. The number of rotatable bonds is 5. The largest absolute Gasteiger partial charge is 0.357 e. The minimum absolute atomic E-state index is 0.0730. The van der Waals surface area contributed by atoms with Crippen molar-refractivity contribution < 1.29 is 4.79 Å². The van der Waals surface area contributed by atoms with Crippen LogP contribution in [0.3, 0.4) is 0 Å². The van der Waals surface area contributed by atoms with Crippen LogP contribution >= 0.6 is 11.6 Å². The zero-order valence-corrected chi connectivity index (χ0v) is 11.2. The number of nitrogens with two attached hydrogens (primary N) is 1. The monoisotopic (exact) mass is 272 g/mol. The van der Waals surface area contributed by atoms with Gasteiger partial charge in [-0.3, -0.25) is 10.2 Å². The molecule has 0 aliphatic rings. The van der Waals surface area contributed by atoms with Crippen molar-refractivity contribution in [1.82, 2.24) is 15.3 Å². The minimum Gasteiger partial charge on any atom is -0.357 e. The molecule has 1 amide bonds. The molecule has 8 heteroatoms. The van der Waals surface area contributed by atoms with Gasteiger partial charge in [-0.15, -0.1) is 0 Å². The van der Waals surface area contributed by atoms with Gasteiger partial charge in [0, 0.05) is 6.04 Å². The summed E-state index contributed by atoms with van der Waals surface area (Å²) < 4.78 is 0. The summed E-state index contributed by atoms with van der Waals surface area (Å²) in [4.78, 5) is 19.6. The molecule has 1 unspecified atom stereocenters. The van der Waals surface area contributed by atoms with E-state index < -0.39 is 6.04 Å². The molecule has 1 heterocycles. The van der Waals surface area contributed by atoms with Gasteiger partial charge < -0.3 is 10.6 Å². The second-order valence-electron chi connectivity index (χ2n) is 4.06. The van der Waals surface area contributed by atoms with E-state index in [2.05, 4.69) is 26.0 Å². The molecular formula is C10H17ClN6O. The standard InChI is InChI=1S/C10H17ClN6O/c1-5(2)14-9(18)6(3)15-8-7(11)4-13-10(16-8)17-12/h4-6H,12H2,1-3H3,(H,14,18)(H2,13,15,16,17). The Morgan fingerprint density at radius 1 is 1.44 bits per heavy atom. The molecule has 1 aromatic rings. The molecule has 0 bridgehead atoms. The van der Waals surface area contributed by atoms with Gasteiger partial charge in [0.1, 0.15) is 11.1 Å². The molecule has 0 radical (unpaired) electrons. The van der Waals surface area contributed by atoms with Crippen LogP contribution in [0.5, 0.6) is 0 Å². The second kappa shape index (κ2) is 6.36. The van der Waals surface area contributed by atoms with E-state index in [1.807, 2.05) is 13.8 Å². The van der Waals surface area contributed by atoms with Crippen molar-refractivity contribution in [2.75, 3.05) is 10.7 Å². The maximum Gasteiger partial charge on any atom is 0.242 e. The average molecular weight is 273 g/mol. The molecule has 0 spiro atoms. The van der Waals surface area contributed by atoms with Gasteiger partial charge >= 0.3 is 0 Å². The number of anilines is 2. The van der Waals surface area contributed by atoms with Crippen molar-refractivity contribution >= 4 is 29.3 Å². The van der Waals surface area contributed by atoms with Gasteiger partial charge in [0.25, 0.3) is 0 Å². The zero-order chi connectivity index (χ0) is 13.7. The molecule has 0 saturated carbocycles. The van der Waals surface area contributed by atoms with Crippen molar-refractivity contribution in [3.63, 3.8) is 0 Å². The molecule has 0 aliphatic carbocycles. The third kappa shape index (κ3) is 4.01. The van der Waals surface area contributed by atoms with Gasteiger partial charge in [0.2, 0.25) is 11.9 Å². The fraction of sp³-hybridized carbons (Fsp3) is 0.500. The molecule has 18 heavy (non-hydrogen) atoms. The second-order valence-corrected chi connectivity index (χ2v) is 4.47. The highest BCUT2D eigenvalue weighted by molar-refractivity contribution is 6.32. The number of halogens is 1. The van der Waals surface area contributed by atoms with Gasteiger partial charge in [0.05, 0.1) is 6.20 Å². The van der Waals surface area contributed by atoms with E-state index in [4.69, 9.17) is 17.4 Å². The number of carbonyl (C=O) groups is 1. The summed E-state index contributed by atoms with van der Waals surface area (Å²) >= 11 is 5.92. The summed E-state index contributed by atoms with van der Waals surface area (Å²) in [6.07, 6.45) is 1.40. The van der Waals surface area contributed by atoms with E-state index in [0.717, 1.165) is 0 Å². The fourth-order valence-electron chi connectivity index (χ4n) is 1.22. The summed E-state index contributed by atoms with van der Waals surface area (Å²) in [5, 5.41) is 6.00. The van der Waals surface area contributed by atoms with Crippen LogP contribution in [0.4, 0.5) is 11.8 Å². The fourth-order valence-corrected chi connectivity index (χ4v) is 1.36. The number of hydrogen-bond acceptors (Lipinski definition) is 6. The van der Waals surface area contributed by atoms with Crippen molar-refractivity contribution in [2.45, 2.75) is 32.9 Å². The van der Waals surface area contributed by atoms with Crippen LogP contribution in [-0.4, -0.2) is 28.0 Å². The Morgan fingerprint density at radius 2 is 2.11 bits per heavy atom. The lowest BCUT2D eigenvalue weighted by atomic mass is 10.3. The average Bonchev–Trinajstić information content (AvgIpc) is 2.31. The molecule has 0 aromatic carbocycles. The van der Waals surface area contributed by atoms with Gasteiger partial charge in [-0.1, -0.05) is 11.6 Å². The SMILES string of the molecule is CC(C)NC(=O)C(C)Nc1nc(NN)ncc1Cl. The normalized spacial score (nSPS) is 12.1. The first kappa shape index (κ1) is 14.5. The van der Waals surface area contributed by atoms with Crippen LogP contribution in [0, 0.1) is 0 Å². The lowest BCUT2D eigenvalue weighted by Crippen LogP contribution is -2.41. The van der Waals surface area contributed by atoms with E-state index >= 15 is 0 Å². The summed E-state index contributed by atoms with van der Waals surface area (Å²) in [5.41, 5.74) is 2.31. The summed E-state index contributed by atoms with van der Waals surface area (Å²) in [5.74, 6) is 5.64. The Morgan fingerprint density at radius 3 is 2.67 bits per heavy atom. The molecule has 0 saturated heterocycles. The van der Waals surface area contributed by atoms with Crippen LogP contribution < -0.4 is 21.9 Å². The highest BCUT2D eigenvalue weighted by atomic mass is 35.5. The first-order valence-electron chi connectivity index (χ1n) is 5.50. The molecule has 0 fully saturated rings. The number of nitrogens with zero attached hydrogens (tertiary/aromatic N) is 2. The van der Waals surface area contributed by atoms with Gasteiger partial charge in [0.15, 0.2) is 5.82 Å². The van der Waals surface area contributed by atoms with Crippen molar-refractivity contribution in [1.29, 1.82) is 0 Å². The Bertz CT molecular complexity index is 425. The Balaban J connectivity index is 2.74. The third-order valence-electron chi connectivity index (χ3n) is 2.05. The van der Waals surface area contributed by atoms with Crippen LogP contribution in [0.15, 0.2) is 6.20 Å². The first-order chi connectivity index (χ1) is 8.43. The van der Waals surface area contributed by atoms with E-state index in [1.54, 1.807) is 6.92 Å². The Kier molecular flexibility index (Phi) is 5.11. The topological polar surface area (TPSA) is 105 Å². The molecule has 0 aliphatic heterocycles. The predicted octanol–water partition coefficient (Wildman–Crippen LogP) is 0.741. The predicted molar refractivity (Wildman–Crippen MR) is 71.2 cm³/mol. The molecule has 100 valence electrons. The number of amides is 1. The third-order valence-corrected chi connectivity index (χ3v) is 2.33. The van der Waals surface area contributed by atoms with Crippen LogP contribution in [-0.2, 0) is 4.79 Å². The zero-order valence-electron chi connectivity index (χ0n) is 10.5. The highest BCUT2D eigenvalue weighted by Crippen LogP contribution is 2.19. The number of carbonyl (C=O) groups excluding carboxylic acids is 1. The Hall–Kier alpha value is -1.60.